The minimum Gasteiger partial charge on any atom is -0.271 e. The molecule has 0 aliphatic heterocycles. The largest absolute Gasteiger partial charge is 0.271 e. The lowest BCUT2D eigenvalue weighted by atomic mass is 10.1. The van der Waals surface area contributed by atoms with Crippen LogP contribution in [-0.2, 0) is 0 Å². The summed E-state index contributed by atoms with van der Waals surface area (Å²) >= 11 is 6.90. The highest BCUT2D eigenvalue weighted by atomic mass is 35.5. The number of hydrazine groups is 1. The third-order valence-corrected chi connectivity index (χ3v) is 3.57. The quantitative estimate of drug-likeness (QED) is 0.512. The van der Waals surface area contributed by atoms with E-state index in [4.69, 9.17) is 17.4 Å². The molecule has 2 nitrogen and oxygen atoms in total. The van der Waals surface area contributed by atoms with Crippen LogP contribution in [-0.4, -0.2) is 0 Å². The van der Waals surface area contributed by atoms with E-state index >= 15 is 0 Å². The standard InChI is InChI=1S/C11H9ClF2N2S/c12-7-5-8(13)6(4-9(7)14)11(16-15)10-2-1-3-17-10/h1-5,11,16H,15H2. The number of halogens is 3. The molecule has 0 radical (unpaired) electrons. The Bertz CT molecular complexity index is 516. The monoisotopic (exact) mass is 274 g/mol. The summed E-state index contributed by atoms with van der Waals surface area (Å²) in [5.74, 6) is 4.13. The highest BCUT2D eigenvalue weighted by Crippen LogP contribution is 2.29. The fourth-order valence-corrected chi connectivity index (χ4v) is 2.49. The van der Waals surface area contributed by atoms with E-state index in [1.807, 2.05) is 11.4 Å². The molecule has 1 aromatic heterocycles. The van der Waals surface area contributed by atoms with Crippen molar-refractivity contribution in [1.82, 2.24) is 5.43 Å². The first-order valence-corrected chi connectivity index (χ1v) is 6.03. The number of benzene rings is 1. The van der Waals surface area contributed by atoms with Gasteiger partial charge in [-0.1, -0.05) is 17.7 Å². The lowest BCUT2D eigenvalue weighted by Crippen LogP contribution is -2.29. The van der Waals surface area contributed by atoms with Gasteiger partial charge in [0.05, 0.1) is 11.1 Å². The fraction of sp³-hybridized carbons (Fsp3) is 0.0909. The molecular weight excluding hydrogens is 266 g/mol. The Morgan fingerprint density at radius 1 is 1.29 bits per heavy atom. The van der Waals surface area contributed by atoms with Gasteiger partial charge in [0.2, 0.25) is 0 Å². The normalized spacial score (nSPS) is 12.7. The molecule has 0 saturated carbocycles. The third-order valence-electron chi connectivity index (χ3n) is 2.34. The van der Waals surface area contributed by atoms with Gasteiger partial charge in [-0.3, -0.25) is 5.84 Å². The Hall–Kier alpha value is -1.01. The molecule has 90 valence electrons. The second-order valence-electron chi connectivity index (χ2n) is 3.40. The summed E-state index contributed by atoms with van der Waals surface area (Å²) in [5.41, 5.74) is 2.60. The maximum atomic E-state index is 13.7. The molecule has 0 saturated heterocycles. The zero-order valence-electron chi connectivity index (χ0n) is 8.58. The van der Waals surface area contributed by atoms with Crippen molar-refractivity contribution >= 4 is 22.9 Å². The van der Waals surface area contributed by atoms with E-state index in [0.717, 1.165) is 17.0 Å². The first kappa shape index (κ1) is 12.4. The van der Waals surface area contributed by atoms with E-state index in [0.29, 0.717) is 0 Å². The molecule has 0 aliphatic rings. The van der Waals surface area contributed by atoms with E-state index < -0.39 is 17.7 Å². The molecule has 1 unspecified atom stereocenters. The summed E-state index contributed by atoms with van der Waals surface area (Å²) in [4.78, 5) is 0.799. The summed E-state index contributed by atoms with van der Waals surface area (Å²) < 4.78 is 27.1. The molecule has 6 heteroatoms. The predicted octanol–water partition coefficient (Wildman–Crippen LogP) is 3.23. The van der Waals surface area contributed by atoms with E-state index in [1.165, 1.54) is 11.3 Å². The first-order valence-electron chi connectivity index (χ1n) is 4.77. The van der Waals surface area contributed by atoms with Crippen molar-refractivity contribution < 1.29 is 8.78 Å². The molecule has 1 aromatic carbocycles. The zero-order valence-corrected chi connectivity index (χ0v) is 10.2. The lowest BCUT2D eigenvalue weighted by molar-refractivity contribution is 0.549. The molecule has 2 aromatic rings. The van der Waals surface area contributed by atoms with Gasteiger partial charge in [-0.2, -0.15) is 0 Å². The molecule has 0 bridgehead atoms. The second kappa shape index (κ2) is 5.10. The van der Waals surface area contributed by atoms with Crippen LogP contribution in [0.4, 0.5) is 8.78 Å². The van der Waals surface area contributed by atoms with Crippen molar-refractivity contribution in [1.29, 1.82) is 0 Å². The topological polar surface area (TPSA) is 38.0 Å². The van der Waals surface area contributed by atoms with Crippen molar-refractivity contribution in [2.75, 3.05) is 0 Å². The van der Waals surface area contributed by atoms with Gasteiger partial charge >= 0.3 is 0 Å². The van der Waals surface area contributed by atoms with Crippen LogP contribution in [0.1, 0.15) is 16.5 Å². The van der Waals surface area contributed by atoms with Crippen molar-refractivity contribution in [2.45, 2.75) is 6.04 Å². The molecule has 2 rings (SSSR count). The maximum Gasteiger partial charge on any atom is 0.142 e. The SMILES string of the molecule is NNC(c1cccs1)c1cc(F)c(Cl)cc1F. The number of hydrogen-bond acceptors (Lipinski definition) is 3. The van der Waals surface area contributed by atoms with Crippen LogP contribution < -0.4 is 11.3 Å². The molecular formula is C11H9ClF2N2S. The van der Waals surface area contributed by atoms with Crippen LogP contribution in [0.2, 0.25) is 5.02 Å². The van der Waals surface area contributed by atoms with E-state index in [2.05, 4.69) is 5.43 Å². The fourth-order valence-electron chi connectivity index (χ4n) is 1.54. The summed E-state index contributed by atoms with van der Waals surface area (Å²) in [6, 6.07) is 5.03. The maximum absolute atomic E-state index is 13.7. The minimum atomic E-state index is -0.667. The first-order chi connectivity index (χ1) is 8.13. The second-order valence-corrected chi connectivity index (χ2v) is 4.79. The van der Waals surface area contributed by atoms with Gasteiger partial charge in [0.15, 0.2) is 0 Å². The van der Waals surface area contributed by atoms with Crippen LogP contribution in [0.5, 0.6) is 0 Å². The molecule has 1 atom stereocenters. The van der Waals surface area contributed by atoms with Crippen LogP contribution >= 0.6 is 22.9 Å². The Labute approximate surface area is 106 Å². The molecule has 1 heterocycles. The number of hydrogen-bond donors (Lipinski definition) is 2. The van der Waals surface area contributed by atoms with E-state index in [1.54, 1.807) is 6.07 Å². The van der Waals surface area contributed by atoms with Crippen molar-refractivity contribution in [3.8, 4) is 0 Å². The van der Waals surface area contributed by atoms with Crippen molar-refractivity contribution in [3.63, 3.8) is 0 Å². The highest BCUT2D eigenvalue weighted by Gasteiger charge is 2.19. The Morgan fingerprint density at radius 2 is 2.06 bits per heavy atom. The van der Waals surface area contributed by atoms with Gasteiger partial charge in [-0.05, 0) is 23.6 Å². The van der Waals surface area contributed by atoms with Crippen LogP contribution in [0, 0.1) is 11.6 Å². The van der Waals surface area contributed by atoms with Gasteiger partial charge in [-0.15, -0.1) is 11.3 Å². The number of rotatable bonds is 3. The third kappa shape index (κ3) is 2.47. The van der Waals surface area contributed by atoms with E-state index in [9.17, 15) is 8.78 Å². The zero-order chi connectivity index (χ0) is 12.4. The number of thiophene rings is 1. The highest BCUT2D eigenvalue weighted by molar-refractivity contribution is 7.10. The number of nitrogens with two attached hydrogens (primary N) is 1. The van der Waals surface area contributed by atoms with Crippen LogP contribution in [0.25, 0.3) is 0 Å². The lowest BCUT2D eigenvalue weighted by Gasteiger charge is -2.16. The predicted molar refractivity (Wildman–Crippen MR) is 64.9 cm³/mol. The van der Waals surface area contributed by atoms with Gasteiger partial charge in [-0.25, -0.2) is 14.2 Å². The van der Waals surface area contributed by atoms with Crippen LogP contribution in [0.15, 0.2) is 29.6 Å². The molecule has 0 fully saturated rings. The molecule has 0 amide bonds. The number of nitrogens with one attached hydrogen (secondary N) is 1. The average molecular weight is 275 g/mol. The molecule has 3 N–H and O–H groups in total. The summed E-state index contributed by atoms with van der Waals surface area (Å²) in [6.45, 7) is 0. The average Bonchev–Trinajstić information content (AvgIpc) is 2.80. The minimum absolute atomic E-state index is 0.136. The Kier molecular flexibility index (Phi) is 3.73. The summed E-state index contributed by atoms with van der Waals surface area (Å²) in [6.07, 6.45) is 0. The smallest absolute Gasteiger partial charge is 0.142 e. The van der Waals surface area contributed by atoms with Gasteiger partial charge in [0.1, 0.15) is 11.6 Å². The van der Waals surface area contributed by atoms with Crippen LogP contribution in [0.3, 0.4) is 0 Å². The van der Waals surface area contributed by atoms with Gasteiger partial charge < -0.3 is 0 Å². The molecule has 0 aliphatic carbocycles. The van der Waals surface area contributed by atoms with Gasteiger partial charge in [0.25, 0.3) is 0 Å². The Morgan fingerprint density at radius 3 is 2.65 bits per heavy atom. The molecule has 0 spiro atoms. The van der Waals surface area contributed by atoms with Crippen molar-refractivity contribution in [2.24, 2.45) is 5.84 Å². The molecule has 17 heavy (non-hydrogen) atoms. The van der Waals surface area contributed by atoms with Gasteiger partial charge in [0, 0.05) is 10.4 Å². The Balaban J connectivity index is 2.48. The summed E-state index contributed by atoms with van der Waals surface area (Å²) in [5, 5.41) is 1.59. The van der Waals surface area contributed by atoms with E-state index in [-0.39, 0.29) is 10.6 Å². The summed E-state index contributed by atoms with van der Waals surface area (Å²) in [7, 11) is 0. The van der Waals surface area contributed by atoms with Crippen molar-refractivity contribution in [3.05, 3.63) is 56.7 Å².